The maximum absolute atomic E-state index is 13.6. The first-order valence-electron chi connectivity index (χ1n) is 7.30. The number of sulfonamides is 1. The summed E-state index contributed by atoms with van der Waals surface area (Å²) in [7, 11) is -3.62. The minimum Gasteiger partial charge on any atom is -0.325 e. The third kappa shape index (κ3) is 4.89. The summed E-state index contributed by atoms with van der Waals surface area (Å²) in [5.74, 6) is -1.01. The summed E-state index contributed by atoms with van der Waals surface area (Å²) in [6.07, 6.45) is 2.96. The molecule has 1 amide bonds. The van der Waals surface area contributed by atoms with Crippen LogP contribution in [0.5, 0.6) is 0 Å². The van der Waals surface area contributed by atoms with E-state index in [2.05, 4.69) is 25.6 Å². The van der Waals surface area contributed by atoms with E-state index in [1.165, 1.54) is 23.9 Å². The van der Waals surface area contributed by atoms with Gasteiger partial charge in [0.2, 0.25) is 21.1 Å². The van der Waals surface area contributed by atoms with Gasteiger partial charge in [-0.3, -0.25) is 9.52 Å². The van der Waals surface area contributed by atoms with Crippen molar-refractivity contribution >= 4 is 39.1 Å². The number of nitrogens with zero attached hydrogens (tertiary/aromatic N) is 4. The van der Waals surface area contributed by atoms with Crippen LogP contribution in [0.15, 0.2) is 23.4 Å². The molecule has 0 atom stereocenters. The summed E-state index contributed by atoms with van der Waals surface area (Å²) in [6.45, 7) is 0. The van der Waals surface area contributed by atoms with E-state index >= 15 is 0 Å². The Morgan fingerprint density at radius 2 is 2.20 bits per heavy atom. The van der Waals surface area contributed by atoms with Gasteiger partial charge in [-0.2, -0.15) is 0 Å². The van der Waals surface area contributed by atoms with Crippen LogP contribution in [-0.4, -0.2) is 46.5 Å². The topological polar surface area (TPSA) is 119 Å². The van der Waals surface area contributed by atoms with Crippen LogP contribution in [0.25, 0.3) is 0 Å². The summed E-state index contributed by atoms with van der Waals surface area (Å²) in [4.78, 5) is 12.0. The monoisotopic (exact) mass is 386 g/mol. The fourth-order valence-corrected chi connectivity index (χ4v) is 3.34. The van der Waals surface area contributed by atoms with Crippen molar-refractivity contribution in [1.29, 1.82) is 0 Å². The smallest absolute Gasteiger partial charge is 0.234 e. The highest BCUT2D eigenvalue weighted by Crippen LogP contribution is 2.36. The van der Waals surface area contributed by atoms with Crippen molar-refractivity contribution in [2.24, 2.45) is 0 Å². The predicted octanol–water partition coefficient (Wildman–Crippen LogP) is 1.25. The van der Waals surface area contributed by atoms with Crippen LogP contribution in [0.4, 0.5) is 15.8 Å². The molecule has 0 unspecified atom stereocenters. The van der Waals surface area contributed by atoms with Crippen molar-refractivity contribution in [3.63, 3.8) is 0 Å². The molecule has 1 aliphatic carbocycles. The Morgan fingerprint density at radius 3 is 2.88 bits per heavy atom. The quantitative estimate of drug-likeness (QED) is 0.687. The molecular formula is C13H15FN6O3S2. The van der Waals surface area contributed by atoms with Gasteiger partial charge in [-0.05, 0) is 41.5 Å². The molecule has 1 aromatic carbocycles. The highest BCUT2D eigenvalue weighted by atomic mass is 32.2. The number of hydrogen-bond acceptors (Lipinski definition) is 7. The van der Waals surface area contributed by atoms with Crippen molar-refractivity contribution in [3.05, 3.63) is 24.0 Å². The number of benzene rings is 1. The lowest BCUT2D eigenvalue weighted by Crippen LogP contribution is -2.16. The van der Waals surface area contributed by atoms with Crippen molar-refractivity contribution in [1.82, 2.24) is 20.2 Å². The number of hydrogen-bond donors (Lipinski definition) is 2. The molecule has 0 spiro atoms. The number of tetrazole rings is 1. The third-order valence-corrected chi connectivity index (χ3v) is 4.76. The Bertz CT molecular complexity index is 897. The van der Waals surface area contributed by atoms with Gasteiger partial charge < -0.3 is 5.32 Å². The zero-order valence-electron chi connectivity index (χ0n) is 13.1. The minimum absolute atomic E-state index is 0.0688. The molecule has 134 valence electrons. The maximum atomic E-state index is 13.6. The van der Waals surface area contributed by atoms with Crippen LogP contribution in [0.3, 0.4) is 0 Å². The largest absolute Gasteiger partial charge is 0.325 e. The Hall–Kier alpha value is -2.21. The Morgan fingerprint density at radius 1 is 1.44 bits per heavy atom. The lowest BCUT2D eigenvalue weighted by molar-refractivity contribution is -0.113. The Labute approximate surface area is 147 Å². The molecule has 1 aliphatic rings. The average Bonchev–Trinajstić information content (AvgIpc) is 3.25. The van der Waals surface area contributed by atoms with Gasteiger partial charge in [0.05, 0.1) is 23.7 Å². The number of rotatable bonds is 7. The van der Waals surface area contributed by atoms with Crippen molar-refractivity contribution in [2.75, 3.05) is 22.0 Å². The second-order valence-electron chi connectivity index (χ2n) is 5.54. The maximum Gasteiger partial charge on any atom is 0.234 e. The van der Waals surface area contributed by atoms with Crippen LogP contribution in [0, 0.1) is 5.82 Å². The summed E-state index contributed by atoms with van der Waals surface area (Å²) in [6, 6.07) is 3.94. The lowest BCUT2D eigenvalue weighted by atomic mass is 10.2. The Balaban J connectivity index is 1.60. The number of halogens is 1. The number of aromatic nitrogens is 4. The number of carbonyl (C=O) groups is 1. The molecule has 0 saturated heterocycles. The molecule has 2 N–H and O–H groups in total. The molecule has 1 saturated carbocycles. The van der Waals surface area contributed by atoms with Crippen LogP contribution >= 0.6 is 11.8 Å². The molecule has 25 heavy (non-hydrogen) atoms. The molecule has 12 heteroatoms. The molecular weight excluding hydrogens is 371 g/mol. The first-order valence-corrected chi connectivity index (χ1v) is 10.2. The number of thioether (sulfide) groups is 1. The van der Waals surface area contributed by atoms with Crippen molar-refractivity contribution in [3.8, 4) is 0 Å². The van der Waals surface area contributed by atoms with Gasteiger partial charge in [0, 0.05) is 5.69 Å². The lowest BCUT2D eigenvalue weighted by Gasteiger charge is -2.09. The van der Waals surface area contributed by atoms with E-state index < -0.39 is 15.8 Å². The van der Waals surface area contributed by atoms with Crippen LogP contribution in [0.1, 0.15) is 18.9 Å². The van der Waals surface area contributed by atoms with E-state index in [1.807, 2.05) is 0 Å². The molecule has 3 rings (SSSR count). The van der Waals surface area contributed by atoms with E-state index in [9.17, 15) is 17.6 Å². The molecule has 1 aromatic heterocycles. The number of carbonyl (C=O) groups excluding carboxylic acids is 1. The van der Waals surface area contributed by atoms with E-state index in [0.717, 1.165) is 25.2 Å². The van der Waals surface area contributed by atoms with Crippen molar-refractivity contribution < 1.29 is 17.6 Å². The SMILES string of the molecule is CS(=O)(=O)Nc1cc(NC(=O)CSc2nnnn2C2CC2)ccc1F. The zero-order valence-corrected chi connectivity index (χ0v) is 14.8. The van der Waals surface area contributed by atoms with E-state index in [1.54, 1.807) is 4.68 Å². The summed E-state index contributed by atoms with van der Waals surface area (Å²) >= 11 is 1.20. The number of amides is 1. The third-order valence-electron chi connectivity index (χ3n) is 3.23. The van der Waals surface area contributed by atoms with Crippen LogP contribution < -0.4 is 10.0 Å². The summed E-state index contributed by atoms with van der Waals surface area (Å²) < 4.78 is 39.8. The zero-order chi connectivity index (χ0) is 18.0. The number of anilines is 2. The molecule has 9 nitrogen and oxygen atoms in total. The Kier molecular flexibility index (Phi) is 4.90. The first kappa shape index (κ1) is 17.6. The summed E-state index contributed by atoms with van der Waals surface area (Å²) in [5, 5.41) is 14.5. The fraction of sp³-hybridized carbons (Fsp3) is 0.385. The van der Waals surface area contributed by atoms with Gasteiger partial charge in [0.25, 0.3) is 0 Å². The second kappa shape index (κ2) is 6.96. The van der Waals surface area contributed by atoms with Gasteiger partial charge in [-0.1, -0.05) is 11.8 Å². The van der Waals surface area contributed by atoms with Gasteiger partial charge in [0.1, 0.15) is 5.82 Å². The molecule has 1 fully saturated rings. The molecule has 0 aliphatic heterocycles. The highest BCUT2D eigenvalue weighted by molar-refractivity contribution is 7.99. The minimum atomic E-state index is -3.62. The highest BCUT2D eigenvalue weighted by Gasteiger charge is 2.28. The van der Waals surface area contributed by atoms with Crippen LogP contribution in [-0.2, 0) is 14.8 Å². The molecule has 0 bridgehead atoms. The number of nitrogens with one attached hydrogen (secondary N) is 2. The van der Waals surface area contributed by atoms with E-state index in [4.69, 9.17) is 0 Å². The standard InChI is InChI=1S/C13H15FN6O3S2/c1-25(22,23)17-11-6-8(2-5-10(11)14)15-12(21)7-24-13-16-18-19-20(13)9-3-4-9/h2,5-6,9,17H,3-4,7H2,1H3,(H,15,21). The average molecular weight is 386 g/mol. The van der Waals surface area contributed by atoms with Gasteiger partial charge in [-0.25, -0.2) is 17.5 Å². The summed E-state index contributed by atoms with van der Waals surface area (Å²) in [5.41, 5.74) is 0.0468. The van der Waals surface area contributed by atoms with Gasteiger partial charge in [0.15, 0.2) is 0 Å². The van der Waals surface area contributed by atoms with E-state index in [0.29, 0.717) is 11.2 Å². The van der Waals surface area contributed by atoms with Crippen LogP contribution in [0.2, 0.25) is 0 Å². The normalized spacial score (nSPS) is 14.3. The fourth-order valence-electron chi connectivity index (χ4n) is 2.04. The first-order chi connectivity index (χ1) is 11.8. The van der Waals surface area contributed by atoms with Crippen molar-refractivity contribution in [2.45, 2.75) is 24.0 Å². The predicted molar refractivity (Wildman–Crippen MR) is 90.3 cm³/mol. The van der Waals surface area contributed by atoms with E-state index in [-0.39, 0.29) is 23.0 Å². The molecule has 2 aromatic rings. The van der Waals surface area contributed by atoms with Gasteiger partial charge >= 0.3 is 0 Å². The second-order valence-corrected chi connectivity index (χ2v) is 8.23. The van der Waals surface area contributed by atoms with Gasteiger partial charge in [-0.15, -0.1) is 5.10 Å². The molecule has 0 radical (unpaired) electrons. The molecule has 1 heterocycles.